The zero-order valence-electron chi connectivity index (χ0n) is 5.41. The minimum Gasteiger partial charge on any atom is -0.224 e. The van der Waals surface area contributed by atoms with E-state index in [1.807, 2.05) is 4.74 Å². The Labute approximate surface area is 65.4 Å². The Balaban J connectivity index is 4.77. The number of hydrogen-bond donors (Lipinski definition) is 0. The first kappa shape index (κ1) is 12.1. The number of nitroso groups, excluding NO2 is 1. The third-order valence-corrected chi connectivity index (χ3v) is 0.718. The molecular formula is C3F7NO2. The molecule has 10 heteroatoms. The molecule has 0 aromatic heterocycles. The lowest BCUT2D eigenvalue weighted by molar-refractivity contribution is -0.445. The summed E-state index contributed by atoms with van der Waals surface area (Å²) in [5.74, 6) is -5.59. The van der Waals surface area contributed by atoms with Gasteiger partial charge >= 0.3 is 18.5 Å². The van der Waals surface area contributed by atoms with Crippen molar-refractivity contribution in [2.45, 2.75) is 18.5 Å². The SMILES string of the molecule is O=NC(F)(OC(F)(F)F)C(F)(F)F. The Morgan fingerprint density at radius 2 is 1.31 bits per heavy atom. The number of alkyl halides is 7. The summed E-state index contributed by atoms with van der Waals surface area (Å²) in [6, 6.07) is 0. The minimum absolute atomic E-state index is 0.593. The summed E-state index contributed by atoms with van der Waals surface area (Å²) in [5.41, 5.74) is 0. The van der Waals surface area contributed by atoms with E-state index in [9.17, 15) is 35.6 Å². The number of ether oxygens (including phenoxy) is 1. The predicted molar refractivity (Wildman–Crippen MR) is 22.8 cm³/mol. The van der Waals surface area contributed by atoms with Crippen LogP contribution in [0, 0.1) is 4.91 Å². The van der Waals surface area contributed by atoms with E-state index in [1.165, 1.54) is 0 Å². The quantitative estimate of drug-likeness (QED) is 0.403. The second-order valence-electron chi connectivity index (χ2n) is 1.70. The van der Waals surface area contributed by atoms with E-state index in [1.54, 1.807) is 0 Å². The summed E-state index contributed by atoms with van der Waals surface area (Å²) in [6.45, 7) is 0. The molecule has 0 aromatic carbocycles. The molecule has 0 aliphatic rings. The molecule has 0 saturated heterocycles. The highest BCUT2D eigenvalue weighted by atomic mass is 19.4. The molecule has 78 valence electrons. The van der Waals surface area contributed by atoms with Crippen LogP contribution in [0.2, 0.25) is 0 Å². The summed E-state index contributed by atoms with van der Waals surface area (Å²) >= 11 is 0. The van der Waals surface area contributed by atoms with Crippen LogP contribution in [-0.2, 0) is 4.74 Å². The fourth-order valence-corrected chi connectivity index (χ4v) is 0.282. The number of rotatable bonds is 2. The molecule has 0 aliphatic carbocycles. The van der Waals surface area contributed by atoms with Gasteiger partial charge in [0, 0.05) is 5.18 Å². The molecular weight excluding hydrogens is 215 g/mol. The van der Waals surface area contributed by atoms with Gasteiger partial charge in [0.25, 0.3) is 0 Å². The summed E-state index contributed by atoms with van der Waals surface area (Å²) in [4.78, 5) is 9.18. The first-order valence-corrected chi connectivity index (χ1v) is 2.39. The predicted octanol–water partition coefficient (Wildman–Crippen LogP) is 2.47. The van der Waals surface area contributed by atoms with Crippen LogP contribution in [-0.4, -0.2) is 18.5 Å². The van der Waals surface area contributed by atoms with Gasteiger partial charge in [0.1, 0.15) is 0 Å². The van der Waals surface area contributed by atoms with Crippen LogP contribution in [0.25, 0.3) is 0 Å². The Kier molecular flexibility index (Phi) is 2.87. The van der Waals surface area contributed by atoms with Crippen molar-refractivity contribution < 1.29 is 35.5 Å². The van der Waals surface area contributed by atoms with Gasteiger partial charge < -0.3 is 0 Å². The maximum absolute atomic E-state index is 12.0. The molecule has 0 fully saturated rings. The third kappa shape index (κ3) is 3.13. The molecule has 0 rings (SSSR count). The normalized spacial score (nSPS) is 18.1. The second kappa shape index (κ2) is 3.09. The third-order valence-electron chi connectivity index (χ3n) is 0.718. The molecule has 0 spiro atoms. The highest BCUT2D eigenvalue weighted by molar-refractivity contribution is 4.74. The van der Waals surface area contributed by atoms with Crippen LogP contribution in [0.3, 0.4) is 0 Å². The standard InChI is InChI=1S/C3F7NO2/c4-1(5,6)2(7,11-12)13-3(8,9)10. The van der Waals surface area contributed by atoms with E-state index in [2.05, 4.69) is 0 Å². The molecule has 13 heavy (non-hydrogen) atoms. The van der Waals surface area contributed by atoms with Crippen molar-refractivity contribution in [2.24, 2.45) is 5.18 Å². The molecule has 0 aliphatic heterocycles. The van der Waals surface area contributed by atoms with Crippen LogP contribution >= 0.6 is 0 Å². The Morgan fingerprint density at radius 3 is 1.38 bits per heavy atom. The lowest BCUT2D eigenvalue weighted by atomic mass is 10.5. The van der Waals surface area contributed by atoms with Gasteiger partial charge in [0.15, 0.2) is 0 Å². The molecule has 0 bridgehead atoms. The van der Waals surface area contributed by atoms with Crippen LogP contribution in [0.4, 0.5) is 30.7 Å². The summed E-state index contributed by atoms with van der Waals surface area (Å²) in [5, 5.41) is 0.593. The molecule has 1 atom stereocenters. The average Bonchev–Trinajstić information content (AvgIpc) is 1.81. The largest absolute Gasteiger partial charge is 0.526 e. The maximum Gasteiger partial charge on any atom is 0.526 e. The Bertz CT molecular complexity index is 197. The Hall–Kier alpha value is -0.930. The lowest BCUT2D eigenvalue weighted by Gasteiger charge is -2.21. The summed E-state index contributed by atoms with van der Waals surface area (Å²) in [6.07, 6.45) is -12.1. The van der Waals surface area contributed by atoms with E-state index < -0.39 is 18.5 Å². The molecule has 0 radical (unpaired) electrons. The van der Waals surface area contributed by atoms with E-state index in [-0.39, 0.29) is 0 Å². The molecule has 0 saturated carbocycles. The smallest absolute Gasteiger partial charge is 0.224 e. The maximum atomic E-state index is 12.0. The van der Waals surface area contributed by atoms with E-state index in [0.717, 1.165) is 0 Å². The lowest BCUT2D eigenvalue weighted by Crippen LogP contribution is -2.45. The van der Waals surface area contributed by atoms with Crippen LogP contribution in [0.15, 0.2) is 5.18 Å². The van der Waals surface area contributed by atoms with Gasteiger partial charge in [-0.1, -0.05) is 0 Å². The first-order valence-electron chi connectivity index (χ1n) is 2.39. The van der Waals surface area contributed by atoms with E-state index in [4.69, 9.17) is 0 Å². The van der Waals surface area contributed by atoms with Gasteiger partial charge in [-0.2, -0.15) is 17.6 Å². The molecule has 1 unspecified atom stereocenters. The van der Waals surface area contributed by atoms with Gasteiger partial charge in [-0.05, 0) is 0 Å². The van der Waals surface area contributed by atoms with Crippen molar-refractivity contribution in [2.75, 3.05) is 0 Å². The van der Waals surface area contributed by atoms with Crippen molar-refractivity contribution in [3.05, 3.63) is 4.91 Å². The fourth-order valence-electron chi connectivity index (χ4n) is 0.282. The molecule has 3 nitrogen and oxygen atoms in total. The van der Waals surface area contributed by atoms with Crippen molar-refractivity contribution in [1.29, 1.82) is 0 Å². The van der Waals surface area contributed by atoms with Crippen molar-refractivity contribution >= 4 is 0 Å². The van der Waals surface area contributed by atoms with Crippen LogP contribution in [0.1, 0.15) is 0 Å². The summed E-state index contributed by atoms with van der Waals surface area (Å²) < 4.78 is 81.2. The topological polar surface area (TPSA) is 38.7 Å². The van der Waals surface area contributed by atoms with Gasteiger partial charge in [0.2, 0.25) is 0 Å². The average molecular weight is 215 g/mol. The molecule has 0 N–H and O–H groups in total. The fraction of sp³-hybridized carbons (Fsp3) is 1.00. The summed E-state index contributed by atoms with van der Waals surface area (Å²) in [7, 11) is 0. The van der Waals surface area contributed by atoms with Gasteiger partial charge in [-0.3, -0.25) is 0 Å². The first-order chi connectivity index (χ1) is 5.52. The number of hydrogen-bond acceptors (Lipinski definition) is 3. The second-order valence-corrected chi connectivity index (χ2v) is 1.70. The van der Waals surface area contributed by atoms with Gasteiger partial charge in [-0.25, -0.2) is 4.74 Å². The zero-order chi connectivity index (χ0) is 10.9. The van der Waals surface area contributed by atoms with Crippen LogP contribution < -0.4 is 0 Å². The van der Waals surface area contributed by atoms with Crippen molar-refractivity contribution in [3.63, 3.8) is 0 Å². The minimum atomic E-state index is -6.18. The van der Waals surface area contributed by atoms with E-state index in [0.29, 0.717) is 5.18 Å². The monoisotopic (exact) mass is 215 g/mol. The van der Waals surface area contributed by atoms with Crippen molar-refractivity contribution in [3.8, 4) is 0 Å². The van der Waals surface area contributed by atoms with Crippen molar-refractivity contribution in [1.82, 2.24) is 0 Å². The number of halogens is 7. The zero-order valence-corrected chi connectivity index (χ0v) is 5.41. The van der Waals surface area contributed by atoms with Crippen LogP contribution in [0.5, 0.6) is 0 Å². The highest BCUT2D eigenvalue weighted by Gasteiger charge is 2.65. The molecule has 0 heterocycles. The number of nitrogens with zero attached hydrogens (tertiary/aromatic N) is 1. The molecule has 0 aromatic rings. The Morgan fingerprint density at radius 1 is 0.923 bits per heavy atom. The van der Waals surface area contributed by atoms with E-state index >= 15 is 0 Å². The van der Waals surface area contributed by atoms with Gasteiger partial charge in [0.05, 0.1) is 0 Å². The van der Waals surface area contributed by atoms with Gasteiger partial charge in [-0.15, -0.1) is 18.1 Å². The highest BCUT2D eigenvalue weighted by Crippen LogP contribution is 2.40. The molecule has 0 amide bonds.